The maximum atomic E-state index is 12.4. The van der Waals surface area contributed by atoms with Crippen molar-refractivity contribution >= 4 is 5.91 Å². The van der Waals surface area contributed by atoms with Gasteiger partial charge in [0.15, 0.2) is 0 Å². The molecule has 1 aliphatic rings. The van der Waals surface area contributed by atoms with Crippen LogP contribution in [0.25, 0.3) is 0 Å². The third-order valence-corrected chi connectivity index (χ3v) is 4.03. The van der Waals surface area contributed by atoms with Crippen LogP contribution in [0.2, 0.25) is 0 Å². The van der Waals surface area contributed by atoms with Gasteiger partial charge in [-0.1, -0.05) is 24.3 Å². The lowest BCUT2D eigenvalue weighted by molar-refractivity contribution is 0.0790. The second kappa shape index (κ2) is 5.45. The number of carbonyl (C=O) groups is 1. The molecule has 1 unspecified atom stereocenters. The number of pyridine rings is 1. The molecule has 0 radical (unpaired) electrons. The average molecular weight is 266 g/mol. The van der Waals surface area contributed by atoms with Gasteiger partial charge in [0.25, 0.3) is 5.91 Å². The van der Waals surface area contributed by atoms with Crippen LogP contribution in [0, 0.1) is 6.92 Å². The number of aromatic nitrogens is 1. The van der Waals surface area contributed by atoms with Crippen LogP contribution in [0.5, 0.6) is 0 Å². The number of likely N-dealkylation sites (tertiary alicyclic amines) is 1. The van der Waals surface area contributed by atoms with Gasteiger partial charge in [-0.3, -0.25) is 9.78 Å². The van der Waals surface area contributed by atoms with Crippen molar-refractivity contribution in [1.29, 1.82) is 0 Å². The Morgan fingerprint density at radius 1 is 1.20 bits per heavy atom. The fourth-order valence-corrected chi connectivity index (χ4v) is 2.92. The molecule has 2 aromatic rings. The summed E-state index contributed by atoms with van der Waals surface area (Å²) in [5, 5.41) is 0. The molecule has 1 aromatic heterocycles. The summed E-state index contributed by atoms with van der Waals surface area (Å²) < 4.78 is 0. The van der Waals surface area contributed by atoms with Gasteiger partial charge in [-0.25, -0.2) is 0 Å². The van der Waals surface area contributed by atoms with Gasteiger partial charge in [0.1, 0.15) is 0 Å². The molecular formula is C17H18N2O. The Hall–Kier alpha value is -2.16. The largest absolute Gasteiger partial charge is 0.338 e. The fourth-order valence-electron chi connectivity index (χ4n) is 2.92. The van der Waals surface area contributed by atoms with E-state index < -0.39 is 0 Å². The zero-order valence-electron chi connectivity index (χ0n) is 11.6. The Labute approximate surface area is 119 Å². The van der Waals surface area contributed by atoms with E-state index in [1.54, 1.807) is 24.5 Å². The standard InChI is InChI=1S/C17H18N2O/c1-13-4-2-3-5-16(13)15-8-11-19(12-15)17(20)14-6-9-18-10-7-14/h2-7,9-10,15H,8,11-12H2,1H3. The zero-order chi connectivity index (χ0) is 13.9. The maximum absolute atomic E-state index is 12.4. The molecule has 3 rings (SSSR count). The van der Waals surface area contributed by atoms with Crippen molar-refractivity contribution in [3.63, 3.8) is 0 Å². The van der Waals surface area contributed by atoms with E-state index in [4.69, 9.17) is 0 Å². The van der Waals surface area contributed by atoms with Gasteiger partial charge in [0.2, 0.25) is 0 Å². The first-order valence-corrected chi connectivity index (χ1v) is 7.00. The van der Waals surface area contributed by atoms with Crippen LogP contribution in [0.1, 0.15) is 33.8 Å². The van der Waals surface area contributed by atoms with E-state index in [1.807, 2.05) is 4.90 Å². The van der Waals surface area contributed by atoms with Crippen LogP contribution in [0.15, 0.2) is 48.8 Å². The topological polar surface area (TPSA) is 33.2 Å². The second-order valence-electron chi connectivity index (χ2n) is 5.33. The number of hydrogen-bond acceptors (Lipinski definition) is 2. The SMILES string of the molecule is Cc1ccccc1C1CCN(C(=O)c2ccncc2)C1. The summed E-state index contributed by atoms with van der Waals surface area (Å²) in [5.41, 5.74) is 3.42. The van der Waals surface area contributed by atoms with Crippen molar-refractivity contribution < 1.29 is 4.79 Å². The van der Waals surface area contributed by atoms with Crippen LogP contribution in [-0.4, -0.2) is 28.9 Å². The number of aryl methyl sites for hydroxylation is 1. The molecule has 0 N–H and O–H groups in total. The number of amides is 1. The third-order valence-electron chi connectivity index (χ3n) is 4.03. The van der Waals surface area contributed by atoms with Crippen molar-refractivity contribution in [2.75, 3.05) is 13.1 Å². The predicted octanol–water partition coefficient (Wildman–Crippen LogP) is 3.02. The molecule has 0 aliphatic carbocycles. The minimum atomic E-state index is 0.114. The molecule has 2 heterocycles. The van der Waals surface area contributed by atoms with E-state index in [2.05, 4.69) is 36.2 Å². The van der Waals surface area contributed by atoms with Crippen molar-refractivity contribution in [2.45, 2.75) is 19.3 Å². The molecule has 1 amide bonds. The van der Waals surface area contributed by atoms with Gasteiger partial charge in [-0.2, -0.15) is 0 Å². The lowest BCUT2D eigenvalue weighted by Gasteiger charge is -2.17. The second-order valence-corrected chi connectivity index (χ2v) is 5.33. The summed E-state index contributed by atoms with van der Waals surface area (Å²) in [4.78, 5) is 18.3. The Morgan fingerprint density at radius 3 is 2.70 bits per heavy atom. The van der Waals surface area contributed by atoms with Crippen molar-refractivity contribution in [2.24, 2.45) is 0 Å². The molecule has 20 heavy (non-hydrogen) atoms. The number of nitrogens with zero attached hydrogens (tertiary/aromatic N) is 2. The van der Waals surface area contributed by atoms with Gasteiger partial charge in [0.05, 0.1) is 0 Å². The van der Waals surface area contributed by atoms with Crippen molar-refractivity contribution in [3.8, 4) is 0 Å². The van der Waals surface area contributed by atoms with E-state index in [9.17, 15) is 4.79 Å². The Kier molecular flexibility index (Phi) is 3.50. The highest BCUT2D eigenvalue weighted by atomic mass is 16.2. The van der Waals surface area contributed by atoms with E-state index in [0.29, 0.717) is 5.92 Å². The molecule has 1 aromatic carbocycles. The number of carbonyl (C=O) groups excluding carboxylic acids is 1. The van der Waals surface area contributed by atoms with Crippen LogP contribution in [0.4, 0.5) is 0 Å². The molecular weight excluding hydrogens is 248 g/mol. The minimum absolute atomic E-state index is 0.114. The number of hydrogen-bond donors (Lipinski definition) is 0. The maximum Gasteiger partial charge on any atom is 0.253 e. The normalized spacial score (nSPS) is 18.2. The van der Waals surface area contributed by atoms with Gasteiger partial charge in [0, 0.05) is 37.0 Å². The highest BCUT2D eigenvalue weighted by molar-refractivity contribution is 5.94. The Bertz CT molecular complexity index is 609. The van der Waals surface area contributed by atoms with Gasteiger partial charge in [-0.15, -0.1) is 0 Å². The lowest BCUT2D eigenvalue weighted by atomic mass is 9.94. The highest BCUT2D eigenvalue weighted by Crippen LogP contribution is 2.29. The van der Waals surface area contributed by atoms with Crippen LogP contribution in [-0.2, 0) is 0 Å². The molecule has 3 nitrogen and oxygen atoms in total. The lowest BCUT2D eigenvalue weighted by Crippen LogP contribution is -2.28. The Balaban J connectivity index is 1.74. The monoisotopic (exact) mass is 266 g/mol. The van der Waals surface area contributed by atoms with E-state index in [0.717, 1.165) is 25.1 Å². The molecule has 0 saturated carbocycles. The zero-order valence-corrected chi connectivity index (χ0v) is 11.6. The molecule has 0 spiro atoms. The molecule has 3 heteroatoms. The van der Waals surface area contributed by atoms with E-state index >= 15 is 0 Å². The number of rotatable bonds is 2. The first-order valence-electron chi connectivity index (χ1n) is 7.00. The summed E-state index contributed by atoms with van der Waals surface area (Å²) in [6.07, 6.45) is 4.38. The molecule has 1 fully saturated rings. The summed E-state index contributed by atoms with van der Waals surface area (Å²) >= 11 is 0. The van der Waals surface area contributed by atoms with E-state index in [-0.39, 0.29) is 5.91 Å². The van der Waals surface area contributed by atoms with E-state index in [1.165, 1.54) is 11.1 Å². The fraction of sp³-hybridized carbons (Fsp3) is 0.294. The number of benzene rings is 1. The van der Waals surface area contributed by atoms with Gasteiger partial charge < -0.3 is 4.90 Å². The van der Waals surface area contributed by atoms with Crippen LogP contribution in [0.3, 0.4) is 0 Å². The summed E-state index contributed by atoms with van der Waals surface area (Å²) in [6.45, 7) is 3.79. The minimum Gasteiger partial charge on any atom is -0.338 e. The molecule has 1 saturated heterocycles. The van der Waals surface area contributed by atoms with Crippen LogP contribution < -0.4 is 0 Å². The molecule has 102 valence electrons. The van der Waals surface area contributed by atoms with Crippen LogP contribution >= 0.6 is 0 Å². The van der Waals surface area contributed by atoms with Gasteiger partial charge in [-0.05, 0) is 36.6 Å². The smallest absolute Gasteiger partial charge is 0.253 e. The molecule has 1 aliphatic heterocycles. The predicted molar refractivity (Wildman–Crippen MR) is 78.7 cm³/mol. The first-order chi connectivity index (χ1) is 9.75. The first kappa shape index (κ1) is 12.9. The summed E-state index contributed by atoms with van der Waals surface area (Å²) in [7, 11) is 0. The Morgan fingerprint density at radius 2 is 1.95 bits per heavy atom. The quantitative estimate of drug-likeness (QED) is 0.837. The van der Waals surface area contributed by atoms with Crippen molar-refractivity contribution in [3.05, 3.63) is 65.5 Å². The molecule has 0 bridgehead atoms. The third kappa shape index (κ3) is 2.44. The van der Waals surface area contributed by atoms with Crippen molar-refractivity contribution in [1.82, 2.24) is 9.88 Å². The molecule has 1 atom stereocenters. The summed E-state index contributed by atoms with van der Waals surface area (Å²) in [6, 6.07) is 12.0. The highest BCUT2D eigenvalue weighted by Gasteiger charge is 2.28. The summed E-state index contributed by atoms with van der Waals surface area (Å²) in [5.74, 6) is 0.575. The average Bonchev–Trinajstić information content (AvgIpc) is 2.97. The van der Waals surface area contributed by atoms with Gasteiger partial charge >= 0.3 is 0 Å².